The highest BCUT2D eigenvalue weighted by atomic mass is 32.2. The Morgan fingerprint density at radius 3 is 2.86 bits per heavy atom. The van der Waals surface area contributed by atoms with E-state index in [1.165, 1.54) is 34.6 Å². The first-order chi connectivity index (χ1) is 13.5. The molecule has 0 aliphatic carbocycles. The fourth-order valence-corrected chi connectivity index (χ4v) is 4.40. The first kappa shape index (κ1) is 18.4. The zero-order chi connectivity index (χ0) is 19.8. The normalized spacial score (nSPS) is 11.2. The molecule has 1 amide bonds. The van der Waals surface area contributed by atoms with Gasteiger partial charge in [-0.1, -0.05) is 23.9 Å². The third-order valence-electron chi connectivity index (χ3n) is 4.19. The Hall–Kier alpha value is -2.98. The quantitative estimate of drug-likeness (QED) is 0.399. The number of amides is 1. The molecule has 10 heteroatoms. The number of hydrogen-bond donors (Lipinski definition) is 1. The van der Waals surface area contributed by atoms with Gasteiger partial charge in [0.05, 0.1) is 11.3 Å². The lowest BCUT2D eigenvalue weighted by atomic mass is 10.1. The summed E-state index contributed by atoms with van der Waals surface area (Å²) in [6.07, 6.45) is 0. The molecule has 1 N–H and O–H groups in total. The van der Waals surface area contributed by atoms with E-state index in [1.807, 2.05) is 11.4 Å². The minimum atomic E-state index is -0.228. The van der Waals surface area contributed by atoms with E-state index >= 15 is 0 Å². The summed E-state index contributed by atoms with van der Waals surface area (Å²) in [5.41, 5.74) is 1.71. The molecule has 28 heavy (non-hydrogen) atoms. The standard InChI is InChI=1S/C18H15N5O3S2/c1-10(24)11-4-3-5-12(8-11)19-14(25)9-28-18-21-20-17-22(2)16(26)15-13(23(17)18)6-7-27-15/h3-8H,9H2,1-2H3,(H,19,25). The number of nitrogens with zero attached hydrogens (tertiary/aromatic N) is 4. The maximum absolute atomic E-state index is 12.4. The number of rotatable bonds is 5. The van der Waals surface area contributed by atoms with E-state index < -0.39 is 0 Å². The van der Waals surface area contributed by atoms with Crippen molar-refractivity contribution in [2.75, 3.05) is 11.1 Å². The third kappa shape index (κ3) is 3.20. The van der Waals surface area contributed by atoms with Gasteiger partial charge in [-0.2, -0.15) is 0 Å². The van der Waals surface area contributed by atoms with Crippen molar-refractivity contribution in [3.63, 3.8) is 0 Å². The van der Waals surface area contributed by atoms with Crippen LogP contribution in [0.3, 0.4) is 0 Å². The van der Waals surface area contributed by atoms with Gasteiger partial charge in [0, 0.05) is 18.3 Å². The minimum absolute atomic E-state index is 0.0641. The third-order valence-corrected chi connectivity index (χ3v) is 6.01. The molecule has 0 aliphatic heterocycles. The Bertz CT molecular complexity index is 1290. The van der Waals surface area contributed by atoms with E-state index in [2.05, 4.69) is 15.5 Å². The van der Waals surface area contributed by atoms with Crippen LogP contribution in [0, 0.1) is 0 Å². The van der Waals surface area contributed by atoms with Gasteiger partial charge < -0.3 is 5.32 Å². The van der Waals surface area contributed by atoms with E-state index in [0.717, 1.165) is 5.52 Å². The van der Waals surface area contributed by atoms with Gasteiger partial charge in [-0.15, -0.1) is 21.5 Å². The first-order valence-electron chi connectivity index (χ1n) is 8.30. The van der Waals surface area contributed by atoms with Gasteiger partial charge in [0.15, 0.2) is 10.9 Å². The van der Waals surface area contributed by atoms with Crippen molar-refractivity contribution in [3.8, 4) is 0 Å². The molecule has 0 radical (unpaired) electrons. The van der Waals surface area contributed by atoms with Crippen LogP contribution in [0.25, 0.3) is 16.0 Å². The summed E-state index contributed by atoms with van der Waals surface area (Å²) in [4.78, 5) is 36.2. The number of carbonyl (C=O) groups is 2. The highest BCUT2D eigenvalue weighted by Gasteiger charge is 2.17. The maximum atomic E-state index is 12.4. The molecule has 0 atom stereocenters. The second-order valence-electron chi connectivity index (χ2n) is 6.09. The van der Waals surface area contributed by atoms with Gasteiger partial charge in [0.25, 0.3) is 5.56 Å². The molecule has 1 aromatic carbocycles. The van der Waals surface area contributed by atoms with Gasteiger partial charge in [0.1, 0.15) is 4.70 Å². The van der Waals surface area contributed by atoms with Gasteiger partial charge in [-0.25, -0.2) is 0 Å². The van der Waals surface area contributed by atoms with Crippen molar-refractivity contribution in [1.29, 1.82) is 0 Å². The highest BCUT2D eigenvalue weighted by Crippen LogP contribution is 2.24. The van der Waals surface area contributed by atoms with Crippen LogP contribution < -0.4 is 10.9 Å². The zero-order valence-electron chi connectivity index (χ0n) is 15.0. The fraction of sp³-hybridized carbons (Fsp3) is 0.167. The summed E-state index contributed by atoms with van der Waals surface area (Å²) < 4.78 is 3.84. The summed E-state index contributed by atoms with van der Waals surface area (Å²) in [7, 11) is 1.65. The number of Topliss-reactive ketones (excluding diaryl/α,β-unsaturated/α-hetero) is 1. The van der Waals surface area contributed by atoms with Crippen LogP contribution in [0.4, 0.5) is 5.69 Å². The number of carbonyl (C=O) groups excluding carboxylic acids is 2. The molecule has 0 saturated heterocycles. The van der Waals surface area contributed by atoms with Crippen LogP contribution in [0.1, 0.15) is 17.3 Å². The monoisotopic (exact) mass is 413 g/mol. The Balaban J connectivity index is 1.56. The topological polar surface area (TPSA) is 98.4 Å². The fourth-order valence-electron chi connectivity index (χ4n) is 2.81. The van der Waals surface area contributed by atoms with Crippen LogP contribution >= 0.6 is 23.1 Å². The molecule has 3 aromatic heterocycles. The molecule has 8 nitrogen and oxygen atoms in total. The minimum Gasteiger partial charge on any atom is -0.325 e. The van der Waals surface area contributed by atoms with Crippen LogP contribution in [0.2, 0.25) is 0 Å². The van der Waals surface area contributed by atoms with Crippen molar-refractivity contribution in [1.82, 2.24) is 19.2 Å². The smallest absolute Gasteiger partial charge is 0.272 e. The van der Waals surface area contributed by atoms with Crippen molar-refractivity contribution in [2.24, 2.45) is 7.05 Å². The zero-order valence-corrected chi connectivity index (χ0v) is 16.6. The number of ketones is 1. The lowest BCUT2D eigenvalue weighted by molar-refractivity contribution is -0.113. The Morgan fingerprint density at radius 2 is 2.07 bits per heavy atom. The molecule has 4 rings (SSSR count). The number of nitrogens with one attached hydrogen (secondary N) is 1. The predicted molar refractivity (Wildman–Crippen MR) is 109 cm³/mol. The average Bonchev–Trinajstić information content (AvgIpc) is 3.31. The number of benzene rings is 1. The van der Waals surface area contributed by atoms with E-state index in [1.54, 1.807) is 35.7 Å². The Labute approximate surface area is 167 Å². The molecule has 4 aromatic rings. The number of aryl methyl sites for hydroxylation is 1. The number of fused-ring (bicyclic) bond motifs is 3. The van der Waals surface area contributed by atoms with Gasteiger partial charge in [0.2, 0.25) is 11.7 Å². The van der Waals surface area contributed by atoms with Crippen LogP contribution in [0.15, 0.2) is 45.7 Å². The lowest BCUT2D eigenvalue weighted by Gasteiger charge is -2.07. The van der Waals surface area contributed by atoms with Gasteiger partial charge >= 0.3 is 0 Å². The average molecular weight is 413 g/mol. The second-order valence-corrected chi connectivity index (χ2v) is 7.95. The van der Waals surface area contributed by atoms with E-state index in [9.17, 15) is 14.4 Å². The molecule has 0 aliphatic rings. The van der Waals surface area contributed by atoms with Crippen molar-refractivity contribution in [3.05, 3.63) is 51.6 Å². The van der Waals surface area contributed by atoms with E-state index in [4.69, 9.17) is 0 Å². The Morgan fingerprint density at radius 1 is 1.25 bits per heavy atom. The molecule has 0 bridgehead atoms. The lowest BCUT2D eigenvalue weighted by Crippen LogP contribution is -2.19. The highest BCUT2D eigenvalue weighted by molar-refractivity contribution is 7.99. The number of thiophene rings is 1. The van der Waals surface area contributed by atoms with Crippen LogP contribution in [-0.4, -0.2) is 36.6 Å². The molecular weight excluding hydrogens is 398 g/mol. The van der Waals surface area contributed by atoms with Crippen molar-refractivity contribution in [2.45, 2.75) is 12.1 Å². The van der Waals surface area contributed by atoms with Crippen LogP contribution in [0.5, 0.6) is 0 Å². The van der Waals surface area contributed by atoms with Crippen molar-refractivity contribution < 1.29 is 9.59 Å². The summed E-state index contributed by atoms with van der Waals surface area (Å²) in [5.74, 6) is 0.243. The Kier molecular flexibility index (Phi) is 4.73. The molecule has 0 saturated carbocycles. The molecule has 142 valence electrons. The SMILES string of the molecule is CC(=O)c1cccc(NC(=O)CSc2nnc3n(C)c(=O)c4sccc4n23)c1. The molecule has 3 heterocycles. The summed E-state index contributed by atoms with van der Waals surface area (Å²) in [6, 6.07) is 8.63. The summed E-state index contributed by atoms with van der Waals surface area (Å²) in [5, 5.41) is 13.4. The van der Waals surface area contributed by atoms with Gasteiger partial charge in [-0.05, 0) is 30.5 Å². The number of thioether (sulfide) groups is 1. The second kappa shape index (κ2) is 7.21. The number of hydrogen-bond acceptors (Lipinski definition) is 7. The first-order valence-corrected chi connectivity index (χ1v) is 10.2. The summed E-state index contributed by atoms with van der Waals surface area (Å²) >= 11 is 2.59. The molecule has 0 spiro atoms. The molecular formula is C18H15N5O3S2. The molecule has 0 fully saturated rings. The maximum Gasteiger partial charge on any atom is 0.272 e. The van der Waals surface area contributed by atoms with Crippen molar-refractivity contribution >= 4 is 56.5 Å². The summed E-state index contributed by atoms with van der Waals surface area (Å²) in [6.45, 7) is 1.48. The largest absolute Gasteiger partial charge is 0.325 e. The van der Waals surface area contributed by atoms with E-state index in [0.29, 0.717) is 26.9 Å². The predicted octanol–water partition coefficient (Wildman–Crippen LogP) is 2.58. The van der Waals surface area contributed by atoms with Gasteiger partial charge in [-0.3, -0.25) is 23.4 Å². The number of anilines is 1. The number of aromatic nitrogens is 4. The van der Waals surface area contributed by atoms with E-state index in [-0.39, 0.29) is 23.0 Å². The molecule has 0 unspecified atom stereocenters. The van der Waals surface area contributed by atoms with Crippen LogP contribution in [-0.2, 0) is 11.8 Å².